The Labute approximate surface area is 171 Å². The average Bonchev–Trinajstić information content (AvgIpc) is 3.31. The molecule has 4 rings (SSSR count). The number of hydrogen-bond acceptors (Lipinski definition) is 5. The fraction of sp³-hybridized carbons (Fsp3) is 0.524. The van der Waals surface area contributed by atoms with Gasteiger partial charge in [0.05, 0.1) is 10.8 Å². The molecule has 156 valence electrons. The summed E-state index contributed by atoms with van der Waals surface area (Å²) in [5, 5.41) is 11.6. The fourth-order valence-corrected chi connectivity index (χ4v) is 6.37. The van der Waals surface area contributed by atoms with E-state index in [1.165, 1.54) is 4.31 Å². The Morgan fingerprint density at radius 1 is 0.966 bits per heavy atom. The number of hydrogen-bond donors (Lipinski definition) is 0. The first-order valence-electron chi connectivity index (χ1n) is 9.95. The predicted octanol–water partition coefficient (Wildman–Crippen LogP) is 0.325. The van der Waals surface area contributed by atoms with E-state index in [1.54, 1.807) is 23.1 Å². The summed E-state index contributed by atoms with van der Waals surface area (Å²) in [4.78, 5) is 26.5. The molecular weight excluding hydrogens is 392 g/mol. The quantitative estimate of drug-likeness (QED) is 0.658. The van der Waals surface area contributed by atoms with Gasteiger partial charge in [-0.25, -0.2) is 8.42 Å². The highest BCUT2D eigenvalue weighted by Gasteiger charge is 2.50. The lowest BCUT2D eigenvalue weighted by Gasteiger charge is -2.38. The van der Waals surface area contributed by atoms with Crippen molar-refractivity contribution in [1.29, 1.82) is 0 Å². The highest BCUT2D eigenvalue weighted by atomic mass is 32.2. The lowest BCUT2D eigenvalue weighted by molar-refractivity contribution is -0.313. The molecule has 0 N–H and O–H groups in total. The van der Waals surface area contributed by atoms with Crippen molar-refractivity contribution in [3.8, 4) is 0 Å². The molecule has 1 amide bonds. The first kappa shape index (κ1) is 20.1. The molecule has 1 aromatic carbocycles. The maximum atomic E-state index is 13.0. The Balaban J connectivity index is 1.45. The van der Waals surface area contributed by atoms with Crippen molar-refractivity contribution in [2.24, 2.45) is 23.7 Å². The minimum atomic E-state index is -3.62. The standard InChI is InChI=1S/C21H26N2O5S/c1-13-3-6-17(11-14(13)2)29(27,28)23-9-7-22(8-10-23)20(24)18-15-4-5-16(12-15)19(18)21(25)26/h3-6,11,15-16,18-19H,7-10,12H2,1-2H3,(H,25,26)/p-1/t15-,16-,18+,19+/m1/s1. The zero-order chi connectivity index (χ0) is 20.9. The summed E-state index contributed by atoms with van der Waals surface area (Å²) < 4.78 is 27.3. The van der Waals surface area contributed by atoms with Gasteiger partial charge in [-0.3, -0.25) is 4.79 Å². The van der Waals surface area contributed by atoms with Gasteiger partial charge in [0.1, 0.15) is 0 Å². The van der Waals surface area contributed by atoms with Crippen LogP contribution in [-0.4, -0.2) is 55.7 Å². The summed E-state index contributed by atoms with van der Waals surface area (Å²) in [6.45, 7) is 4.74. The Morgan fingerprint density at radius 3 is 2.17 bits per heavy atom. The summed E-state index contributed by atoms with van der Waals surface area (Å²) in [7, 11) is -3.62. The average molecular weight is 418 g/mol. The summed E-state index contributed by atoms with van der Waals surface area (Å²) in [5.74, 6) is -2.94. The SMILES string of the molecule is Cc1ccc(S(=O)(=O)N2CCN(C(=O)[C@@H]3[C@@H](C(=O)[O-])[C@@H]4C=C[C@@H]3C4)CC2)cc1C. The molecule has 4 atom stereocenters. The summed E-state index contributed by atoms with van der Waals surface area (Å²) in [6, 6.07) is 5.08. The molecule has 0 unspecified atom stereocenters. The van der Waals surface area contributed by atoms with Gasteiger partial charge in [0, 0.05) is 38.1 Å². The van der Waals surface area contributed by atoms with E-state index in [0.717, 1.165) is 11.1 Å². The molecule has 2 bridgehead atoms. The fourth-order valence-electron chi connectivity index (χ4n) is 4.86. The number of carbonyl (C=O) groups excluding carboxylic acids is 2. The summed E-state index contributed by atoms with van der Waals surface area (Å²) in [5.41, 5.74) is 1.94. The van der Waals surface area contributed by atoms with Gasteiger partial charge in [-0.1, -0.05) is 18.2 Å². The molecule has 0 spiro atoms. The van der Waals surface area contributed by atoms with Crippen LogP contribution in [0.4, 0.5) is 0 Å². The van der Waals surface area contributed by atoms with Crippen LogP contribution in [0.1, 0.15) is 17.5 Å². The smallest absolute Gasteiger partial charge is 0.243 e. The first-order chi connectivity index (χ1) is 13.7. The van der Waals surface area contributed by atoms with E-state index in [4.69, 9.17) is 0 Å². The molecule has 2 aliphatic carbocycles. The Hall–Kier alpha value is -2.19. The number of piperazine rings is 1. The van der Waals surface area contributed by atoms with Crippen molar-refractivity contribution in [3.05, 3.63) is 41.5 Å². The minimum Gasteiger partial charge on any atom is -0.550 e. The van der Waals surface area contributed by atoms with Crippen LogP contribution in [-0.2, 0) is 19.6 Å². The number of fused-ring (bicyclic) bond motifs is 2. The highest BCUT2D eigenvalue weighted by Crippen LogP contribution is 2.48. The van der Waals surface area contributed by atoms with Crippen LogP contribution in [0.25, 0.3) is 0 Å². The van der Waals surface area contributed by atoms with Crippen LogP contribution < -0.4 is 5.11 Å². The molecule has 1 heterocycles. The second-order valence-corrected chi connectivity index (χ2v) is 10.2. The molecule has 8 heteroatoms. The number of amides is 1. The number of carboxylic acid groups (broad SMARTS) is 1. The molecule has 1 saturated carbocycles. The van der Waals surface area contributed by atoms with Crippen LogP contribution >= 0.6 is 0 Å². The monoisotopic (exact) mass is 417 g/mol. The van der Waals surface area contributed by atoms with Gasteiger partial charge in [0.2, 0.25) is 15.9 Å². The number of benzene rings is 1. The molecule has 3 aliphatic rings. The number of sulfonamides is 1. The Bertz CT molecular complexity index is 979. The largest absolute Gasteiger partial charge is 0.550 e. The molecule has 29 heavy (non-hydrogen) atoms. The van der Waals surface area contributed by atoms with Gasteiger partial charge < -0.3 is 14.8 Å². The van der Waals surface area contributed by atoms with Crippen molar-refractivity contribution in [2.45, 2.75) is 25.2 Å². The third-order valence-electron chi connectivity index (χ3n) is 6.68. The van der Waals surface area contributed by atoms with Gasteiger partial charge in [0.25, 0.3) is 0 Å². The topological polar surface area (TPSA) is 97.8 Å². The van der Waals surface area contributed by atoms with Crippen LogP contribution in [0.5, 0.6) is 0 Å². The normalized spacial score (nSPS) is 29.4. The highest BCUT2D eigenvalue weighted by molar-refractivity contribution is 7.89. The third-order valence-corrected chi connectivity index (χ3v) is 8.58. The van der Waals surface area contributed by atoms with Crippen LogP contribution in [0.2, 0.25) is 0 Å². The van der Waals surface area contributed by atoms with Crippen molar-refractivity contribution in [2.75, 3.05) is 26.2 Å². The lowest BCUT2D eigenvalue weighted by atomic mass is 9.82. The first-order valence-corrected chi connectivity index (χ1v) is 11.4. The number of allylic oxidation sites excluding steroid dienone is 2. The molecule has 0 radical (unpaired) electrons. The van der Waals surface area contributed by atoms with E-state index in [1.807, 2.05) is 26.0 Å². The molecule has 7 nitrogen and oxygen atoms in total. The zero-order valence-corrected chi connectivity index (χ0v) is 17.4. The molecule has 1 saturated heterocycles. The summed E-state index contributed by atoms with van der Waals surface area (Å²) >= 11 is 0. The van der Waals surface area contributed by atoms with E-state index in [-0.39, 0.29) is 48.8 Å². The van der Waals surface area contributed by atoms with Gasteiger partial charge in [-0.2, -0.15) is 4.31 Å². The molecular formula is C21H25N2O5S-. The number of carbonyl (C=O) groups is 2. The van der Waals surface area contributed by atoms with E-state index < -0.39 is 27.8 Å². The minimum absolute atomic E-state index is 0.0623. The number of aliphatic carboxylic acids is 1. The van der Waals surface area contributed by atoms with Crippen LogP contribution in [0.3, 0.4) is 0 Å². The second kappa shape index (κ2) is 7.25. The van der Waals surface area contributed by atoms with Crippen molar-refractivity contribution in [1.82, 2.24) is 9.21 Å². The summed E-state index contributed by atoms with van der Waals surface area (Å²) in [6.07, 6.45) is 4.49. The molecule has 1 aliphatic heterocycles. The lowest BCUT2D eigenvalue weighted by Crippen LogP contribution is -2.54. The van der Waals surface area contributed by atoms with Crippen LogP contribution in [0.15, 0.2) is 35.2 Å². The molecule has 2 fully saturated rings. The van der Waals surface area contributed by atoms with E-state index >= 15 is 0 Å². The van der Waals surface area contributed by atoms with Gasteiger partial charge in [-0.05, 0) is 55.4 Å². The molecule has 1 aromatic rings. The van der Waals surface area contributed by atoms with Gasteiger partial charge in [-0.15, -0.1) is 0 Å². The maximum absolute atomic E-state index is 13.0. The van der Waals surface area contributed by atoms with E-state index in [2.05, 4.69) is 0 Å². The molecule has 0 aromatic heterocycles. The third kappa shape index (κ3) is 3.38. The van der Waals surface area contributed by atoms with Crippen LogP contribution in [0, 0.1) is 37.5 Å². The van der Waals surface area contributed by atoms with Crippen molar-refractivity contribution >= 4 is 21.9 Å². The number of aryl methyl sites for hydroxylation is 2. The van der Waals surface area contributed by atoms with Crippen molar-refractivity contribution < 1.29 is 23.1 Å². The van der Waals surface area contributed by atoms with Crippen molar-refractivity contribution in [3.63, 3.8) is 0 Å². The number of rotatable bonds is 4. The van der Waals surface area contributed by atoms with E-state index in [9.17, 15) is 23.1 Å². The van der Waals surface area contributed by atoms with Gasteiger partial charge in [0.15, 0.2) is 0 Å². The second-order valence-electron chi connectivity index (χ2n) is 8.29. The Kier molecular flexibility index (Phi) is 5.02. The van der Waals surface area contributed by atoms with Gasteiger partial charge >= 0.3 is 0 Å². The zero-order valence-electron chi connectivity index (χ0n) is 16.6. The number of nitrogens with zero attached hydrogens (tertiary/aromatic N) is 2. The predicted molar refractivity (Wildman–Crippen MR) is 104 cm³/mol. The Morgan fingerprint density at radius 2 is 1.59 bits per heavy atom. The van der Waals surface area contributed by atoms with E-state index in [0.29, 0.717) is 6.42 Å². The number of carboxylic acids is 1. The maximum Gasteiger partial charge on any atom is 0.243 e.